The Morgan fingerprint density at radius 3 is 1.94 bits per heavy atom. The molecule has 0 spiro atoms. The van der Waals surface area contributed by atoms with Gasteiger partial charge in [0.05, 0.1) is 18.7 Å². The van der Waals surface area contributed by atoms with Crippen LogP contribution < -0.4 is 16.0 Å². The van der Waals surface area contributed by atoms with Crippen molar-refractivity contribution >= 4 is 29.6 Å². The topological polar surface area (TPSA) is 137 Å². The normalized spacial score (nSPS) is 20.7. The van der Waals surface area contributed by atoms with Crippen molar-refractivity contribution < 1.29 is 28.8 Å². The summed E-state index contributed by atoms with van der Waals surface area (Å²) in [6, 6.07) is 0.757. The van der Waals surface area contributed by atoms with Gasteiger partial charge >= 0.3 is 5.97 Å². The third-order valence-corrected chi connectivity index (χ3v) is 6.04. The Labute approximate surface area is 200 Å². The van der Waals surface area contributed by atoms with Gasteiger partial charge in [-0.05, 0) is 33.1 Å². The lowest BCUT2D eigenvalue weighted by Gasteiger charge is -2.38. The molecule has 2 aliphatic rings. The number of rotatable bonds is 12. The summed E-state index contributed by atoms with van der Waals surface area (Å²) in [7, 11) is 0. The highest BCUT2D eigenvalue weighted by Crippen LogP contribution is 2.22. The van der Waals surface area contributed by atoms with Crippen LogP contribution in [0.25, 0.3) is 0 Å². The number of allylic oxidation sites excluding steroid dienone is 1. The van der Waals surface area contributed by atoms with Gasteiger partial charge in [-0.15, -0.1) is 5.06 Å². The van der Waals surface area contributed by atoms with E-state index < -0.39 is 5.97 Å². The highest BCUT2D eigenvalue weighted by Gasteiger charge is 2.28. The fourth-order valence-corrected chi connectivity index (χ4v) is 4.01. The van der Waals surface area contributed by atoms with Crippen LogP contribution in [0.3, 0.4) is 0 Å². The molecule has 0 saturated carbocycles. The first-order valence-corrected chi connectivity index (χ1v) is 11.9. The molecule has 11 nitrogen and oxygen atoms in total. The van der Waals surface area contributed by atoms with E-state index in [-0.39, 0.29) is 68.9 Å². The highest BCUT2D eigenvalue weighted by molar-refractivity contribution is 5.83. The zero-order valence-corrected chi connectivity index (χ0v) is 20.2. The molecule has 2 rings (SSSR count). The molecule has 0 aromatic heterocycles. The first-order valence-electron chi connectivity index (χ1n) is 11.9. The number of piperidine rings is 1. The van der Waals surface area contributed by atoms with Crippen LogP contribution in [0.1, 0.15) is 65.2 Å². The largest absolute Gasteiger partial charge is 0.356 e. The van der Waals surface area contributed by atoms with E-state index in [1.807, 2.05) is 0 Å². The second-order valence-corrected chi connectivity index (χ2v) is 8.82. The molecule has 190 valence electrons. The summed E-state index contributed by atoms with van der Waals surface area (Å²) in [5.74, 6) is -1.63. The van der Waals surface area contributed by atoms with E-state index in [4.69, 9.17) is 4.84 Å². The molecule has 0 aromatic carbocycles. The molecule has 0 radical (unpaired) electrons. The molecular formula is C23H37N5O6. The van der Waals surface area contributed by atoms with Crippen molar-refractivity contribution in [2.24, 2.45) is 0 Å². The van der Waals surface area contributed by atoms with E-state index in [0.29, 0.717) is 30.7 Å². The summed E-state index contributed by atoms with van der Waals surface area (Å²) < 4.78 is 0. The summed E-state index contributed by atoms with van der Waals surface area (Å²) >= 11 is 0. The third kappa shape index (κ3) is 9.12. The van der Waals surface area contributed by atoms with Crippen LogP contribution in [0.4, 0.5) is 0 Å². The zero-order chi connectivity index (χ0) is 25.1. The van der Waals surface area contributed by atoms with E-state index in [9.17, 15) is 24.0 Å². The summed E-state index contributed by atoms with van der Waals surface area (Å²) in [5.41, 5.74) is 0.434. The predicted molar refractivity (Wildman–Crippen MR) is 124 cm³/mol. The molecule has 0 aliphatic carbocycles. The van der Waals surface area contributed by atoms with E-state index in [0.717, 1.165) is 17.9 Å². The summed E-state index contributed by atoms with van der Waals surface area (Å²) in [6.45, 7) is 8.69. The summed E-state index contributed by atoms with van der Waals surface area (Å²) in [4.78, 5) is 66.4. The molecule has 2 heterocycles. The molecule has 0 aromatic rings. The van der Waals surface area contributed by atoms with Gasteiger partial charge in [-0.25, -0.2) is 4.79 Å². The standard InChI is InChI=1S/C23H37N5O6/c1-16-5-4-6-17(2)27(16)15-21(31)26-13-10-19(29)24-12-9-20(30)25-14-11-23(33)34-28-18(3)7-8-22(28)32/h16-17H,3-15H2,1-2H3,(H,24,29)(H,25,30)(H,26,31)/i10+1,13+1,24+1,26+1,27+1. The molecule has 2 unspecified atom stereocenters. The Morgan fingerprint density at radius 1 is 0.882 bits per heavy atom. The molecule has 2 atom stereocenters. The van der Waals surface area contributed by atoms with Gasteiger partial charge in [-0.3, -0.25) is 24.1 Å². The lowest BCUT2D eigenvalue weighted by molar-refractivity contribution is -0.186. The molecule has 11 heteroatoms. The van der Waals surface area contributed by atoms with E-state index in [1.165, 1.54) is 6.42 Å². The lowest BCUT2D eigenvalue weighted by atomic mass is 10.0. The fraction of sp³-hybridized carbons (Fsp3) is 0.696. The average Bonchev–Trinajstić information content (AvgIpc) is 3.08. The molecular weight excluding hydrogens is 447 g/mol. The first-order chi connectivity index (χ1) is 16.2. The number of amides is 4. The zero-order valence-electron chi connectivity index (χ0n) is 20.2. The lowest BCUT2D eigenvalue weighted by Crippen LogP contribution is -2.49. The minimum atomic E-state index is -0.642. The number of hydrogen-bond donors (Lipinski definition) is 3. The molecule has 2 aliphatic heterocycles. The first kappa shape index (κ1) is 27.3. The van der Waals surface area contributed by atoms with Crippen LogP contribution in [0.5, 0.6) is 0 Å². The average molecular weight is 485 g/mol. The van der Waals surface area contributed by atoms with Crippen molar-refractivity contribution in [2.75, 3.05) is 26.2 Å². The van der Waals surface area contributed by atoms with Crippen LogP contribution in [-0.4, -0.2) is 77.8 Å². The van der Waals surface area contributed by atoms with Crippen molar-refractivity contribution in [3.63, 3.8) is 0 Å². The number of likely N-dealkylation sites (tertiary alicyclic amines) is 1. The number of nitrogens with zero attached hydrogens (tertiary/aromatic N) is 2. The number of hydroxylamine groups is 2. The number of carbonyl (C=O) groups is 5. The minimum absolute atomic E-state index is 0.0549. The van der Waals surface area contributed by atoms with Crippen LogP contribution in [0.15, 0.2) is 12.3 Å². The van der Waals surface area contributed by atoms with Gasteiger partial charge in [0, 0.05) is 51.0 Å². The Morgan fingerprint density at radius 2 is 1.41 bits per heavy atom. The maximum Gasteiger partial charge on any atom is 0.334 e. The highest BCUT2D eigenvalue weighted by atomic mass is 16.7. The second-order valence-electron chi connectivity index (χ2n) is 8.82. The predicted octanol–water partition coefficient (Wildman–Crippen LogP) is 0.363. The van der Waals surface area contributed by atoms with Crippen LogP contribution >= 0.6 is 0 Å². The van der Waals surface area contributed by atoms with Crippen molar-refractivity contribution in [3.8, 4) is 0 Å². The van der Waals surface area contributed by atoms with Crippen molar-refractivity contribution in [3.05, 3.63) is 12.3 Å². The molecule has 4 amide bonds. The third-order valence-electron chi connectivity index (χ3n) is 6.04. The monoisotopic (exact) mass is 484 g/mol. The Kier molecular flexibility index (Phi) is 11.0. The van der Waals surface area contributed by atoms with E-state index >= 15 is 0 Å². The van der Waals surface area contributed by atoms with Crippen LogP contribution in [-0.2, 0) is 28.8 Å². The maximum absolute atomic E-state index is 12.2. The van der Waals surface area contributed by atoms with Crippen molar-refractivity contribution in [2.45, 2.75) is 77.3 Å². The molecule has 0 bridgehead atoms. The van der Waals surface area contributed by atoms with Gasteiger partial charge in [0.1, 0.15) is 0 Å². The summed E-state index contributed by atoms with van der Waals surface area (Å²) in [6.07, 6.45) is 4.17. The molecule has 2 saturated heterocycles. The van der Waals surface area contributed by atoms with Crippen molar-refractivity contribution in [1.29, 1.82) is 0 Å². The van der Waals surface area contributed by atoms with Gasteiger partial charge < -0.3 is 20.8 Å². The van der Waals surface area contributed by atoms with Gasteiger partial charge in [-0.2, -0.15) is 0 Å². The van der Waals surface area contributed by atoms with E-state index in [2.05, 4.69) is 41.3 Å². The van der Waals surface area contributed by atoms with Gasteiger partial charge in [0.15, 0.2) is 0 Å². The van der Waals surface area contributed by atoms with Gasteiger partial charge in [0.2, 0.25) is 17.7 Å². The van der Waals surface area contributed by atoms with Gasteiger partial charge in [-0.1, -0.05) is 13.0 Å². The summed E-state index contributed by atoms with van der Waals surface area (Å²) in [5, 5.41) is 8.87. The molecule has 3 N–H and O–H groups in total. The Hall–Kier alpha value is -2.95. The van der Waals surface area contributed by atoms with Crippen LogP contribution in [0, 0.1) is 0 Å². The number of nitrogens with one attached hydrogen (secondary N) is 3. The van der Waals surface area contributed by atoms with Gasteiger partial charge in [0.25, 0.3) is 5.91 Å². The Balaban J connectivity index is 1.49. The smallest absolute Gasteiger partial charge is 0.334 e. The quantitative estimate of drug-likeness (QED) is 0.269. The number of hydrogen-bond acceptors (Lipinski definition) is 7. The maximum atomic E-state index is 12.2. The molecule has 2 fully saturated rings. The van der Waals surface area contributed by atoms with E-state index in [1.54, 1.807) is 0 Å². The fourth-order valence-electron chi connectivity index (χ4n) is 4.01. The number of carbonyl (C=O) groups excluding carboxylic acids is 5. The minimum Gasteiger partial charge on any atom is -0.356 e. The van der Waals surface area contributed by atoms with Crippen molar-refractivity contribution in [1.82, 2.24) is 25.9 Å². The second kappa shape index (κ2) is 13.7. The Bertz CT molecular complexity index is 760. The SMILES string of the molecule is C=C1CCC(=O)N1OC(=O)CCNC(=O)CC[15NH]C(=O)[13CH2][13CH2][15NH]C(=O)C[15N]1C(C)CCCC1C. The molecule has 34 heavy (non-hydrogen) atoms. The van der Waals surface area contributed by atoms with Crippen LogP contribution in [0.2, 0.25) is 0 Å².